The number of rotatable bonds is 40. The van der Waals surface area contributed by atoms with E-state index < -0.39 is 49.5 Å². The molecule has 0 radical (unpaired) electrons. The number of carbonyl (C=O) groups is 1. The van der Waals surface area contributed by atoms with Crippen LogP contribution in [0, 0.1) is 0 Å². The Hall–Kier alpha value is -3.41. The minimum Gasteiger partial charge on any atom is -0.394 e. The molecule has 1 fully saturated rings. The van der Waals surface area contributed by atoms with Crippen LogP contribution in [0.4, 0.5) is 0 Å². The summed E-state index contributed by atoms with van der Waals surface area (Å²) in [7, 11) is 0. The van der Waals surface area contributed by atoms with E-state index in [4.69, 9.17) is 9.47 Å². The minimum absolute atomic E-state index is 0.206. The zero-order valence-electron chi connectivity index (χ0n) is 40.4. The number of ether oxygens (including phenoxy) is 2. The Balaban J connectivity index is 2.23. The second-order valence-electron chi connectivity index (χ2n) is 16.9. The van der Waals surface area contributed by atoms with Gasteiger partial charge in [0.2, 0.25) is 5.91 Å². The number of unbranched alkanes of at least 4 members (excludes halogenated alkanes) is 12. The van der Waals surface area contributed by atoms with Gasteiger partial charge in [-0.25, -0.2) is 0 Å². The predicted octanol–water partition coefficient (Wildman–Crippen LogP) is 11.6. The van der Waals surface area contributed by atoms with E-state index in [1.54, 1.807) is 6.08 Å². The number of amides is 1. The first-order chi connectivity index (χ1) is 31.8. The largest absolute Gasteiger partial charge is 0.394 e. The van der Waals surface area contributed by atoms with Crippen molar-refractivity contribution >= 4 is 5.91 Å². The minimum atomic E-state index is -1.58. The summed E-state index contributed by atoms with van der Waals surface area (Å²) in [6.07, 6.45) is 59.7. The zero-order chi connectivity index (χ0) is 47.3. The van der Waals surface area contributed by atoms with Gasteiger partial charge in [-0.3, -0.25) is 4.79 Å². The zero-order valence-corrected chi connectivity index (χ0v) is 40.4. The highest BCUT2D eigenvalue weighted by molar-refractivity contribution is 5.76. The van der Waals surface area contributed by atoms with Crippen molar-refractivity contribution < 1.29 is 39.8 Å². The number of carbonyl (C=O) groups excluding carboxylic acids is 1. The SMILES string of the molecule is CC/C=C\C/C=C\C/C=C\C/C=C\C/C=C\C/C=C\C/C=C\CCCCCCCCCCCC(=O)NC(COC1OC(CO)C(O)C(O)C1O)C(O)/C=C/CC/C=C/CC/C=C/CCC. The van der Waals surface area contributed by atoms with Gasteiger partial charge in [-0.2, -0.15) is 0 Å². The Labute approximate surface area is 395 Å². The van der Waals surface area contributed by atoms with Gasteiger partial charge in [0.25, 0.3) is 0 Å². The molecule has 1 saturated heterocycles. The van der Waals surface area contributed by atoms with Gasteiger partial charge in [-0.05, 0) is 96.3 Å². The third kappa shape index (κ3) is 34.5. The number of hydrogen-bond acceptors (Lipinski definition) is 8. The fraction of sp³-hybridized carbons (Fsp3) is 0.625. The molecule has 0 aromatic heterocycles. The molecule has 9 nitrogen and oxygen atoms in total. The van der Waals surface area contributed by atoms with Gasteiger partial charge in [-0.1, -0.05) is 187 Å². The molecule has 0 saturated carbocycles. The lowest BCUT2D eigenvalue weighted by molar-refractivity contribution is -0.302. The molecule has 0 aromatic rings. The maximum atomic E-state index is 13.0. The monoisotopic (exact) mass is 906 g/mol. The van der Waals surface area contributed by atoms with Crippen molar-refractivity contribution in [2.24, 2.45) is 0 Å². The van der Waals surface area contributed by atoms with E-state index in [2.05, 4.69) is 129 Å². The molecule has 368 valence electrons. The molecule has 65 heavy (non-hydrogen) atoms. The summed E-state index contributed by atoms with van der Waals surface area (Å²) < 4.78 is 11.2. The Morgan fingerprint density at radius 1 is 0.538 bits per heavy atom. The summed E-state index contributed by atoms with van der Waals surface area (Å²) in [5.74, 6) is -0.206. The van der Waals surface area contributed by atoms with Gasteiger partial charge in [0.1, 0.15) is 24.4 Å². The summed E-state index contributed by atoms with van der Waals surface area (Å²) >= 11 is 0. The van der Waals surface area contributed by atoms with Crippen molar-refractivity contribution in [2.45, 2.75) is 211 Å². The van der Waals surface area contributed by atoms with Crippen molar-refractivity contribution in [2.75, 3.05) is 13.2 Å². The van der Waals surface area contributed by atoms with Gasteiger partial charge in [0.05, 0.1) is 25.4 Å². The second kappa shape index (κ2) is 44.4. The molecule has 1 aliphatic rings. The van der Waals surface area contributed by atoms with Gasteiger partial charge in [0.15, 0.2) is 6.29 Å². The van der Waals surface area contributed by atoms with Crippen molar-refractivity contribution in [3.05, 3.63) is 122 Å². The number of aliphatic hydroxyl groups is 5. The standard InChI is InChI=1S/C56H91NO8/c1-3-5-7-9-11-13-15-16-17-18-19-20-21-22-23-24-25-26-27-28-29-30-31-32-33-34-36-38-40-42-44-46-52(60)57-49(48-64-56-55(63)54(62)53(61)51(47-58)65-56)50(59)45-43-41-39-37-35-14-12-10-8-6-4-2/h5,7-8,10-11,13,16-17,19-20,22-23,25-26,28-29,35,37,43,45,49-51,53-56,58-59,61-63H,3-4,6,9,12,14-15,18,21,24,27,30-34,36,38-42,44,46-48H2,1-2H3,(H,57,60)/b7-5-,10-8+,13-11-,17-16-,20-19-,23-22-,26-25-,29-28-,37-35+,45-43+. The first kappa shape index (κ1) is 59.6. The molecule has 0 aliphatic carbocycles. The number of hydrogen-bond donors (Lipinski definition) is 6. The highest BCUT2D eigenvalue weighted by Gasteiger charge is 2.44. The fourth-order valence-corrected chi connectivity index (χ4v) is 7.00. The topological polar surface area (TPSA) is 149 Å². The van der Waals surface area contributed by atoms with Crippen LogP contribution in [0.2, 0.25) is 0 Å². The molecule has 7 unspecified atom stereocenters. The normalized spacial score (nSPS) is 21.0. The van der Waals surface area contributed by atoms with Crippen LogP contribution in [0.5, 0.6) is 0 Å². The Bertz CT molecular complexity index is 1420. The van der Waals surface area contributed by atoms with Crippen molar-refractivity contribution in [3.8, 4) is 0 Å². The Morgan fingerprint density at radius 3 is 1.46 bits per heavy atom. The molecule has 1 aliphatic heterocycles. The van der Waals surface area contributed by atoms with Crippen LogP contribution < -0.4 is 5.32 Å². The first-order valence-electron chi connectivity index (χ1n) is 25.3. The summed E-state index contributed by atoms with van der Waals surface area (Å²) in [4.78, 5) is 13.0. The Kier molecular flexibility index (Phi) is 40.7. The van der Waals surface area contributed by atoms with Crippen LogP contribution >= 0.6 is 0 Å². The van der Waals surface area contributed by atoms with Crippen LogP contribution in [0.25, 0.3) is 0 Å². The highest BCUT2D eigenvalue weighted by Crippen LogP contribution is 2.22. The van der Waals surface area contributed by atoms with E-state index in [1.165, 1.54) is 32.1 Å². The lowest BCUT2D eigenvalue weighted by atomic mass is 9.99. The van der Waals surface area contributed by atoms with E-state index in [-0.39, 0.29) is 12.5 Å². The molecule has 7 atom stereocenters. The van der Waals surface area contributed by atoms with Crippen molar-refractivity contribution in [3.63, 3.8) is 0 Å². The quantitative estimate of drug-likeness (QED) is 0.0263. The fourth-order valence-electron chi connectivity index (χ4n) is 7.00. The molecule has 0 aromatic carbocycles. The van der Waals surface area contributed by atoms with Gasteiger partial charge in [-0.15, -0.1) is 0 Å². The summed E-state index contributed by atoms with van der Waals surface area (Å²) in [6, 6.07) is -0.838. The molecule has 0 bridgehead atoms. The lowest BCUT2D eigenvalue weighted by Gasteiger charge is -2.40. The van der Waals surface area contributed by atoms with E-state index in [0.717, 1.165) is 116 Å². The van der Waals surface area contributed by atoms with Crippen molar-refractivity contribution in [1.29, 1.82) is 0 Å². The van der Waals surface area contributed by atoms with E-state index in [0.29, 0.717) is 6.42 Å². The number of allylic oxidation sites excluding steroid dienone is 19. The summed E-state index contributed by atoms with van der Waals surface area (Å²) in [5, 5.41) is 54.1. The van der Waals surface area contributed by atoms with Crippen LogP contribution in [0.15, 0.2) is 122 Å². The number of nitrogens with one attached hydrogen (secondary N) is 1. The predicted molar refractivity (Wildman–Crippen MR) is 271 cm³/mol. The van der Waals surface area contributed by atoms with E-state index in [1.807, 2.05) is 6.08 Å². The molecule has 0 spiro atoms. The van der Waals surface area contributed by atoms with E-state index >= 15 is 0 Å². The van der Waals surface area contributed by atoms with Crippen LogP contribution in [0.3, 0.4) is 0 Å². The molecular formula is C56H91NO8. The third-order valence-corrected chi connectivity index (χ3v) is 11.0. The third-order valence-electron chi connectivity index (χ3n) is 11.0. The lowest BCUT2D eigenvalue weighted by Crippen LogP contribution is -2.60. The molecule has 6 N–H and O–H groups in total. The number of aliphatic hydroxyl groups excluding tert-OH is 5. The smallest absolute Gasteiger partial charge is 0.220 e. The average Bonchev–Trinajstić information content (AvgIpc) is 3.31. The van der Waals surface area contributed by atoms with Gasteiger partial charge in [0, 0.05) is 6.42 Å². The molecule has 1 amide bonds. The van der Waals surface area contributed by atoms with Crippen LogP contribution in [-0.4, -0.2) is 87.5 Å². The summed E-state index contributed by atoms with van der Waals surface area (Å²) in [6.45, 7) is 3.53. The summed E-state index contributed by atoms with van der Waals surface area (Å²) in [5.41, 5.74) is 0. The maximum Gasteiger partial charge on any atom is 0.220 e. The first-order valence-corrected chi connectivity index (χ1v) is 25.3. The molecule has 1 heterocycles. The second-order valence-corrected chi connectivity index (χ2v) is 16.9. The van der Waals surface area contributed by atoms with E-state index in [9.17, 15) is 30.3 Å². The maximum absolute atomic E-state index is 13.0. The van der Waals surface area contributed by atoms with Crippen LogP contribution in [-0.2, 0) is 14.3 Å². The van der Waals surface area contributed by atoms with Crippen LogP contribution in [0.1, 0.15) is 168 Å². The van der Waals surface area contributed by atoms with Crippen molar-refractivity contribution in [1.82, 2.24) is 5.32 Å². The molecule has 1 rings (SSSR count). The Morgan fingerprint density at radius 2 is 0.969 bits per heavy atom. The molecule has 9 heteroatoms. The van der Waals surface area contributed by atoms with Gasteiger partial charge < -0.3 is 40.3 Å². The average molecular weight is 906 g/mol. The highest BCUT2D eigenvalue weighted by atomic mass is 16.7. The van der Waals surface area contributed by atoms with Gasteiger partial charge >= 0.3 is 0 Å². The molecular weight excluding hydrogens is 815 g/mol.